The Bertz CT molecular complexity index is 1210. The van der Waals surface area contributed by atoms with Crippen LogP contribution in [-0.2, 0) is 18.4 Å². The topological polar surface area (TPSA) is 107 Å². The van der Waals surface area contributed by atoms with E-state index in [-0.39, 0.29) is 30.9 Å². The average molecular weight is 579 g/mol. The number of hydrogen-bond donors (Lipinski definition) is 2. The molecule has 33 heavy (non-hydrogen) atoms. The summed E-state index contributed by atoms with van der Waals surface area (Å²) in [5.41, 5.74) is 3.36. The van der Waals surface area contributed by atoms with Crippen molar-refractivity contribution >= 4 is 51.9 Å². The van der Waals surface area contributed by atoms with Crippen LogP contribution in [0.1, 0.15) is 27.3 Å². The molecule has 0 saturated heterocycles. The Balaban J connectivity index is 1.31. The summed E-state index contributed by atoms with van der Waals surface area (Å²) in [6.45, 7) is 4.31. The average Bonchev–Trinajstić information content (AvgIpc) is 3.39. The van der Waals surface area contributed by atoms with Gasteiger partial charge in [0.1, 0.15) is 0 Å². The highest BCUT2D eigenvalue weighted by Crippen LogP contribution is 2.32. The van der Waals surface area contributed by atoms with Crippen LogP contribution in [-0.4, -0.2) is 39.1 Å². The standard InChI is InChI=1S/C22H22IN5O4S/c1-12-6-15(23)7-13(2)20(12)25-19(29)10-33-22-27-26-18(28(22)3)9-24-21(30)14-4-5-16-17(8-14)32-11-31-16/h4-8H,9-11H2,1-3H3,(H,24,30)(H,25,29). The van der Waals surface area contributed by atoms with Gasteiger partial charge in [0, 0.05) is 21.9 Å². The summed E-state index contributed by atoms with van der Waals surface area (Å²) < 4.78 is 13.5. The number of aryl methyl sites for hydroxylation is 2. The summed E-state index contributed by atoms with van der Waals surface area (Å²) in [6.07, 6.45) is 0. The van der Waals surface area contributed by atoms with E-state index in [4.69, 9.17) is 9.47 Å². The van der Waals surface area contributed by atoms with Gasteiger partial charge in [-0.25, -0.2) is 0 Å². The lowest BCUT2D eigenvalue weighted by Crippen LogP contribution is -2.24. The van der Waals surface area contributed by atoms with Crippen molar-refractivity contribution in [2.45, 2.75) is 25.5 Å². The van der Waals surface area contributed by atoms with Gasteiger partial charge in [-0.1, -0.05) is 11.8 Å². The molecule has 172 valence electrons. The summed E-state index contributed by atoms with van der Waals surface area (Å²) in [5, 5.41) is 14.7. The number of rotatable bonds is 7. The molecule has 2 N–H and O–H groups in total. The summed E-state index contributed by atoms with van der Waals surface area (Å²) in [7, 11) is 1.80. The molecule has 9 nitrogen and oxygen atoms in total. The maximum Gasteiger partial charge on any atom is 0.251 e. The minimum absolute atomic E-state index is 0.118. The molecule has 0 unspecified atom stereocenters. The van der Waals surface area contributed by atoms with Gasteiger partial charge in [0.15, 0.2) is 22.5 Å². The van der Waals surface area contributed by atoms with Crippen LogP contribution in [0.15, 0.2) is 35.5 Å². The Morgan fingerprint density at radius 3 is 2.61 bits per heavy atom. The van der Waals surface area contributed by atoms with Gasteiger partial charge in [-0.05, 0) is 77.9 Å². The van der Waals surface area contributed by atoms with E-state index in [0.717, 1.165) is 20.4 Å². The van der Waals surface area contributed by atoms with E-state index in [0.29, 0.717) is 28.0 Å². The van der Waals surface area contributed by atoms with Crippen molar-refractivity contribution in [3.8, 4) is 11.5 Å². The highest BCUT2D eigenvalue weighted by Gasteiger charge is 2.17. The Labute approximate surface area is 208 Å². The zero-order valence-corrected chi connectivity index (χ0v) is 21.2. The number of amides is 2. The molecule has 0 bridgehead atoms. The maximum absolute atomic E-state index is 12.5. The molecule has 4 rings (SSSR count). The molecule has 0 saturated carbocycles. The second-order valence-electron chi connectivity index (χ2n) is 7.46. The molecule has 2 aromatic carbocycles. The lowest BCUT2D eigenvalue weighted by molar-refractivity contribution is -0.113. The van der Waals surface area contributed by atoms with E-state index in [2.05, 4.69) is 43.4 Å². The number of carbonyl (C=O) groups is 2. The van der Waals surface area contributed by atoms with Crippen LogP contribution in [0.5, 0.6) is 11.5 Å². The fraction of sp³-hybridized carbons (Fsp3) is 0.273. The first-order chi connectivity index (χ1) is 15.8. The molecule has 2 amide bonds. The molecule has 11 heteroatoms. The summed E-state index contributed by atoms with van der Waals surface area (Å²) in [6, 6.07) is 9.09. The number of nitrogens with one attached hydrogen (secondary N) is 2. The lowest BCUT2D eigenvalue weighted by atomic mass is 10.1. The zero-order chi connectivity index (χ0) is 23.5. The molecule has 0 aliphatic carbocycles. The predicted octanol–water partition coefficient (Wildman–Crippen LogP) is 3.43. The summed E-state index contributed by atoms with van der Waals surface area (Å²) >= 11 is 3.55. The van der Waals surface area contributed by atoms with Crippen LogP contribution >= 0.6 is 34.4 Å². The fourth-order valence-electron chi connectivity index (χ4n) is 3.34. The molecule has 1 aromatic heterocycles. The first-order valence-corrected chi connectivity index (χ1v) is 12.1. The Hall–Kier alpha value is -2.80. The Kier molecular flexibility index (Phi) is 7.08. The van der Waals surface area contributed by atoms with Crippen molar-refractivity contribution in [3.05, 3.63) is 56.4 Å². The molecule has 0 radical (unpaired) electrons. The SMILES string of the molecule is Cc1cc(I)cc(C)c1NC(=O)CSc1nnc(CNC(=O)c2ccc3c(c2)OCO3)n1C. The van der Waals surface area contributed by atoms with E-state index in [1.807, 2.05) is 26.0 Å². The lowest BCUT2D eigenvalue weighted by Gasteiger charge is -2.12. The number of aromatic nitrogens is 3. The third-order valence-corrected chi connectivity index (χ3v) is 6.70. The van der Waals surface area contributed by atoms with Gasteiger partial charge in [0.25, 0.3) is 5.91 Å². The van der Waals surface area contributed by atoms with E-state index in [1.54, 1.807) is 29.8 Å². The summed E-state index contributed by atoms with van der Waals surface area (Å²) in [4.78, 5) is 25.0. The number of carbonyl (C=O) groups excluding carboxylic acids is 2. The van der Waals surface area contributed by atoms with E-state index < -0.39 is 0 Å². The minimum Gasteiger partial charge on any atom is -0.454 e. The van der Waals surface area contributed by atoms with E-state index in [9.17, 15) is 9.59 Å². The second-order valence-corrected chi connectivity index (χ2v) is 9.65. The molecule has 1 aliphatic heterocycles. The minimum atomic E-state index is -0.256. The molecular weight excluding hydrogens is 557 g/mol. The van der Waals surface area contributed by atoms with Crippen LogP contribution in [0.2, 0.25) is 0 Å². The first-order valence-electron chi connectivity index (χ1n) is 10.1. The predicted molar refractivity (Wildman–Crippen MR) is 133 cm³/mol. The fourth-order valence-corrected chi connectivity index (χ4v) is 5.00. The monoisotopic (exact) mass is 579 g/mol. The first kappa shape index (κ1) is 23.4. The number of anilines is 1. The summed E-state index contributed by atoms with van der Waals surface area (Å²) in [5.74, 6) is 1.57. The van der Waals surface area contributed by atoms with Gasteiger partial charge in [-0.15, -0.1) is 10.2 Å². The van der Waals surface area contributed by atoms with Gasteiger partial charge in [0.05, 0.1) is 12.3 Å². The van der Waals surface area contributed by atoms with Gasteiger partial charge in [-0.3, -0.25) is 9.59 Å². The number of benzene rings is 2. The van der Waals surface area contributed by atoms with E-state index >= 15 is 0 Å². The van der Waals surface area contributed by atoms with Crippen LogP contribution in [0.3, 0.4) is 0 Å². The van der Waals surface area contributed by atoms with Crippen molar-refractivity contribution in [2.24, 2.45) is 7.05 Å². The van der Waals surface area contributed by atoms with Crippen LogP contribution < -0.4 is 20.1 Å². The van der Waals surface area contributed by atoms with Gasteiger partial charge < -0.3 is 24.7 Å². The maximum atomic E-state index is 12.5. The number of hydrogen-bond acceptors (Lipinski definition) is 7. The third-order valence-electron chi connectivity index (χ3n) is 5.06. The van der Waals surface area contributed by atoms with Crippen LogP contribution in [0.25, 0.3) is 0 Å². The molecule has 0 fully saturated rings. The van der Waals surface area contributed by atoms with Gasteiger partial charge in [0.2, 0.25) is 12.7 Å². The Morgan fingerprint density at radius 1 is 1.12 bits per heavy atom. The van der Waals surface area contributed by atoms with Crippen LogP contribution in [0.4, 0.5) is 5.69 Å². The second kappa shape index (κ2) is 10.00. The van der Waals surface area contributed by atoms with Crippen molar-refractivity contribution in [2.75, 3.05) is 17.9 Å². The third kappa shape index (κ3) is 5.41. The van der Waals surface area contributed by atoms with Crippen molar-refractivity contribution in [1.82, 2.24) is 20.1 Å². The number of ether oxygens (including phenoxy) is 2. The highest BCUT2D eigenvalue weighted by molar-refractivity contribution is 14.1. The quantitative estimate of drug-likeness (QED) is 0.326. The smallest absolute Gasteiger partial charge is 0.251 e. The van der Waals surface area contributed by atoms with Gasteiger partial charge >= 0.3 is 0 Å². The van der Waals surface area contributed by atoms with E-state index in [1.165, 1.54) is 11.8 Å². The molecule has 0 spiro atoms. The van der Waals surface area contributed by atoms with Crippen LogP contribution in [0, 0.1) is 17.4 Å². The highest BCUT2D eigenvalue weighted by atomic mass is 127. The normalized spacial score (nSPS) is 12.0. The van der Waals surface area contributed by atoms with Crippen molar-refractivity contribution in [1.29, 1.82) is 0 Å². The molecule has 2 heterocycles. The molecule has 3 aromatic rings. The van der Waals surface area contributed by atoms with Crippen molar-refractivity contribution in [3.63, 3.8) is 0 Å². The molecule has 1 aliphatic rings. The molecule has 0 atom stereocenters. The largest absolute Gasteiger partial charge is 0.454 e. The number of nitrogens with zero attached hydrogens (tertiary/aromatic N) is 3. The van der Waals surface area contributed by atoms with Gasteiger partial charge in [-0.2, -0.15) is 0 Å². The number of halogens is 1. The van der Waals surface area contributed by atoms with Crippen molar-refractivity contribution < 1.29 is 19.1 Å². The zero-order valence-electron chi connectivity index (χ0n) is 18.3. The number of thioether (sulfide) groups is 1. The molecular formula is C22H22IN5O4S. The number of fused-ring (bicyclic) bond motifs is 1. The Morgan fingerprint density at radius 2 is 1.85 bits per heavy atom.